The highest BCUT2D eigenvalue weighted by atomic mass is 32.2. The molecule has 1 N–H and O–H groups in total. The molecular formula is C17H25NO6S. The number of hydrogen-bond donors (Lipinski definition) is 1. The van der Waals surface area contributed by atoms with Crippen molar-refractivity contribution in [2.45, 2.75) is 56.8 Å². The second-order valence-electron chi connectivity index (χ2n) is 7.19. The average molecular weight is 371 g/mol. The molecule has 1 saturated heterocycles. The van der Waals surface area contributed by atoms with E-state index in [1.54, 1.807) is 32.9 Å². The summed E-state index contributed by atoms with van der Waals surface area (Å²) in [6.45, 7) is 6.84. The molecule has 2 atom stereocenters. The number of hydrogen-bond acceptors (Lipinski definition) is 6. The van der Waals surface area contributed by atoms with E-state index in [4.69, 9.17) is 8.92 Å². The lowest BCUT2D eigenvalue weighted by Gasteiger charge is -2.27. The van der Waals surface area contributed by atoms with E-state index in [0.29, 0.717) is 0 Å². The molecule has 0 aliphatic carbocycles. The average Bonchev–Trinajstić information content (AvgIpc) is 2.88. The van der Waals surface area contributed by atoms with Crippen LogP contribution in [0.4, 0.5) is 4.79 Å². The van der Waals surface area contributed by atoms with E-state index in [1.165, 1.54) is 17.0 Å². The van der Waals surface area contributed by atoms with E-state index in [-0.39, 0.29) is 24.5 Å². The third-order valence-corrected chi connectivity index (χ3v) is 5.16. The van der Waals surface area contributed by atoms with E-state index in [0.717, 1.165) is 5.56 Å². The highest BCUT2D eigenvalue weighted by Crippen LogP contribution is 2.26. The van der Waals surface area contributed by atoms with Gasteiger partial charge in [0, 0.05) is 0 Å². The molecule has 2 rings (SSSR count). The highest BCUT2D eigenvalue weighted by Gasteiger charge is 2.39. The van der Waals surface area contributed by atoms with E-state index in [9.17, 15) is 18.3 Å². The fourth-order valence-electron chi connectivity index (χ4n) is 2.60. The molecule has 1 amide bonds. The largest absolute Gasteiger partial charge is 0.444 e. The van der Waals surface area contributed by atoms with Crippen LogP contribution >= 0.6 is 0 Å². The number of aliphatic hydroxyl groups is 1. The highest BCUT2D eigenvalue weighted by molar-refractivity contribution is 7.86. The molecule has 25 heavy (non-hydrogen) atoms. The summed E-state index contributed by atoms with van der Waals surface area (Å²) in [6, 6.07) is 5.81. The Balaban J connectivity index is 2.09. The number of carbonyl (C=O) groups excluding carboxylic acids is 1. The van der Waals surface area contributed by atoms with Gasteiger partial charge in [-0.05, 0) is 46.2 Å². The molecule has 1 aromatic rings. The smallest absolute Gasteiger partial charge is 0.410 e. The van der Waals surface area contributed by atoms with Crippen LogP contribution in [0.2, 0.25) is 0 Å². The summed E-state index contributed by atoms with van der Waals surface area (Å²) in [5, 5.41) is 9.49. The van der Waals surface area contributed by atoms with Crippen molar-refractivity contribution in [2.75, 3.05) is 13.2 Å². The van der Waals surface area contributed by atoms with Gasteiger partial charge in [-0.1, -0.05) is 17.7 Å². The Hall–Kier alpha value is -1.64. The fraction of sp³-hybridized carbons (Fsp3) is 0.588. The van der Waals surface area contributed by atoms with Gasteiger partial charge in [-0.2, -0.15) is 8.42 Å². The summed E-state index contributed by atoms with van der Waals surface area (Å²) in [5.41, 5.74) is 0.264. The van der Waals surface area contributed by atoms with Gasteiger partial charge in [-0.25, -0.2) is 4.79 Å². The topological polar surface area (TPSA) is 93.1 Å². The molecular weight excluding hydrogens is 346 g/mol. The lowest BCUT2D eigenvalue weighted by molar-refractivity contribution is 0.0166. The Kier molecular flexibility index (Phi) is 5.75. The SMILES string of the molecule is Cc1ccc(S(=O)(=O)O[C@@H]2C[C@@H](CO)N(C(=O)OC(C)(C)C)C2)cc1. The third kappa shape index (κ3) is 5.17. The number of aliphatic hydroxyl groups excluding tert-OH is 1. The zero-order valence-corrected chi connectivity index (χ0v) is 15.7. The summed E-state index contributed by atoms with van der Waals surface area (Å²) < 4.78 is 35.3. The summed E-state index contributed by atoms with van der Waals surface area (Å²) >= 11 is 0. The first-order chi connectivity index (χ1) is 11.5. The molecule has 0 bridgehead atoms. The maximum Gasteiger partial charge on any atom is 0.410 e. The Morgan fingerprint density at radius 2 is 1.88 bits per heavy atom. The predicted octanol–water partition coefficient (Wildman–Crippen LogP) is 2.07. The van der Waals surface area contributed by atoms with Gasteiger partial charge in [-0.15, -0.1) is 0 Å². The molecule has 7 nitrogen and oxygen atoms in total. The minimum absolute atomic E-state index is 0.0469. The van der Waals surface area contributed by atoms with E-state index in [1.807, 2.05) is 6.92 Å². The van der Waals surface area contributed by atoms with Crippen LogP contribution in [0.5, 0.6) is 0 Å². The molecule has 1 aliphatic heterocycles. The van der Waals surface area contributed by atoms with Gasteiger partial charge in [0.2, 0.25) is 0 Å². The molecule has 0 aromatic heterocycles. The van der Waals surface area contributed by atoms with Gasteiger partial charge in [0.15, 0.2) is 0 Å². The minimum Gasteiger partial charge on any atom is -0.444 e. The zero-order chi connectivity index (χ0) is 18.8. The standard InChI is InChI=1S/C17H25NO6S/c1-12-5-7-15(8-6-12)25(21,22)24-14-9-13(11-19)18(10-14)16(20)23-17(2,3)4/h5-8,13-14,19H,9-11H2,1-4H3/t13-,14+/m0/s1. The quantitative estimate of drug-likeness (QED) is 0.815. The van der Waals surface area contributed by atoms with E-state index < -0.39 is 34.0 Å². The van der Waals surface area contributed by atoms with Gasteiger partial charge in [0.05, 0.1) is 30.2 Å². The van der Waals surface area contributed by atoms with Crippen LogP contribution in [0, 0.1) is 6.92 Å². The van der Waals surface area contributed by atoms with Gasteiger partial charge >= 0.3 is 6.09 Å². The zero-order valence-electron chi connectivity index (χ0n) is 14.9. The Bertz CT molecular complexity index is 708. The van der Waals surface area contributed by atoms with Crippen LogP contribution in [0.3, 0.4) is 0 Å². The Morgan fingerprint density at radius 1 is 1.28 bits per heavy atom. The van der Waals surface area contributed by atoms with Gasteiger partial charge in [0.1, 0.15) is 5.60 Å². The van der Waals surface area contributed by atoms with Crippen LogP contribution in [0.1, 0.15) is 32.8 Å². The fourth-order valence-corrected chi connectivity index (χ4v) is 3.68. The normalized spacial score (nSPS) is 21.4. The monoisotopic (exact) mass is 371 g/mol. The molecule has 0 unspecified atom stereocenters. The molecule has 0 saturated carbocycles. The van der Waals surface area contributed by atoms with E-state index >= 15 is 0 Å². The maximum absolute atomic E-state index is 12.4. The predicted molar refractivity (Wildman–Crippen MR) is 91.7 cm³/mol. The summed E-state index contributed by atoms with van der Waals surface area (Å²) in [4.78, 5) is 13.6. The van der Waals surface area contributed by atoms with Gasteiger partial charge < -0.3 is 14.7 Å². The van der Waals surface area contributed by atoms with Gasteiger partial charge in [-0.3, -0.25) is 4.18 Å². The first-order valence-electron chi connectivity index (χ1n) is 8.12. The molecule has 1 aliphatic rings. The van der Waals surface area contributed by atoms with Crippen molar-refractivity contribution in [1.29, 1.82) is 0 Å². The summed E-state index contributed by atoms with van der Waals surface area (Å²) in [7, 11) is -3.94. The van der Waals surface area contributed by atoms with Crippen LogP contribution < -0.4 is 0 Å². The number of likely N-dealkylation sites (tertiary alicyclic amines) is 1. The van der Waals surface area contributed by atoms with Crippen molar-refractivity contribution in [3.63, 3.8) is 0 Å². The van der Waals surface area contributed by atoms with Crippen molar-refractivity contribution >= 4 is 16.2 Å². The van der Waals surface area contributed by atoms with Crippen molar-refractivity contribution in [1.82, 2.24) is 4.90 Å². The molecule has 1 fully saturated rings. The first-order valence-corrected chi connectivity index (χ1v) is 9.53. The van der Waals surface area contributed by atoms with Crippen LogP contribution in [0.25, 0.3) is 0 Å². The van der Waals surface area contributed by atoms with E-state index in [2.05, 4.69) is 0 Å². The van der Waals surface area contributed by atoms with Crippen molar-refractivity contribution < 1.29 is 27.2 Å². The second kappa shape index (κ2) is 7.31. The molecule has 1 aromatic carbocycles. The second-order valence-corrected chi connectivity index (χ2v) is 8.76. The molecule has 8 heteroatoms. The Labute approximate surface area is 148 Å². The lowest BCUT2D eigenvalue weighted by Crippen LogP contribution is -2.41. The van der Waals surface area contributed by atoms with Crippen LogP contribution in [-0.4, -0.2) is 55.4 Å². The minimum atomic E-state index is -3.94. The number of benzene rings is 1. The first kappa shape index (κ1) is 19.7. The number of amides is 1. The van der Waals surface area contributed by atoms with Crippen molar-refractivity contribution in [2.24, 2.45) is 0 Å². The maximum atomic E-state index is 12.4. The van der Waals surface area contributed by atoms with Crippen LogP contribution in [-0.2, 0) is 19.0 Å². The number of ether oxygens (including phenoxy) is 1. The number of rotatable bonds is 4. The molecule has 0 spiro atoms. The summed E-state index contributed by atoms with van der Waals surface area (Å²) in [6.07, 6.45) is -1.10. The third-order valence-electron chi connectivity index (χ3n) is 3.79. The molecule has 0 radical (unpaired) electrons. The van der Waals surface area contributed by atoms with Crippen molar-refractivity contribution in [3.05, 3.63) is 29.8 Å². The number of aryl methyl sites for hydroxylation is 1. The molecule has 1 heterocycles. The molecule has 140 valence electrons. The number of carbonyl (C=O) groups is 1. The number of nitrogens with zero attached hydrogens (tertiary/aromatic N) is 1. The lowest BCUT2D eigenvalue weighted by atomic mass is 10.2. The van der Waals surface area contributed by atoms with Crippen LogP contribution in [0.15, 0.2) is 29.2 Å². The Morgan fingerprint density at radius 3 is 2.40 bits per heavy atom. The van der Waals surface area contributed by atoms with Crippen molar-refractivity contribution in [3.8, 4) is 0 Å². The summed E-state index contributed by atoms with van der Waals surface area (Å²) in [5.74, 6) is 0. The van der Waals surface area contributed by atoms with Gasteiger partial charge in [0.25, 0.3) is 10.1 Å².